The summed E-state index contributed by atoms with van der Waals surface area (Å²) in [5.41, 5.74) is 0. The Hall–Kier alpha value is -0.610. The van der Waals surface area contributed by atoms with E-state index in [2.05, 4.69) is 6.92 Å². The minimum Gasteiger partial charge on any atom is -0.462 e. The maximum absolute atomic E-state index is 12.5. The minimum atomic E-state index is -0.142. The van der Waals surface area contributed by atoms with Gasteiger partial charge in [0, 0.05) is 5.92 Å². The summed E-state index contributed by atoms with van der Waals surface area (Å²) < 4.78 is 16.9. The molecule has 132 valence electrons. The van der Waals surface area contributed by atoms with Crippen LogP contribution in [0, 0.1) is 23.7 Å². The lowest BCUT2D eigenvalue weighted by molar-refractivity contribution is -0.210. The van der Waals surface area contributed by atoms with Gasteiger partial charge in [-0.1, -0.05) is 32.6 Å². The molecule has 2 saturated heterocycles. The van der Waals surface area contributed by atoms with Crippen molar-refractivity contribution in [1.29, 1.82) is 0 Å². The van der Waals surface area contributed by atoms with E-state index >= 15 is 0 Å². The van der Waals surface area contributed by atoms with Gasteiger partial charge >= 0.3 is 5.97 Å². The molecular weight excluding hydrogens is 292 g/mol. The fourth-order valence-electron chi connectivity index (χ4n) is 4.62. The van der Waals surface area contributed by atoms with Gasteiger partial charge in [0.05, 0.1) is 19.1 Å². The van der Waals surface area contributed by atoms with Gasteiger partial charge in [-0.05, 0) is 44.4 Å². The maximum atomic E-state index is 12.5. The van der Waals surface area contributed by atoms with Crippen LogP contribution >= 0.6 is 0 Å². The molecule has 0 bridgehead atoms. The van der Waals surface area contributed by atoms with Gasteiger partial charge in [0.2, 0.25) is 0 Å². The molecule has 0 aromatic heterocycles. The molecule has 3 aliphatic rings. The van der Waals surface area contributed by atoms with E-state index in [1.54, 1.807) is 0 Å². The molecule has 23 heavy (non-hydrogen) atoms. The summed E-state index contributed by atoms with van der Waals surface area (Å²) in [6, 6.07) is 0. The van der Waals surface area contributed by atoms with Crippen LogP contribution in [-0.2, 0) is 19.0 Å². The third kappa shape index (κ3) is 4.27. The first-order valence-electron chi connectivity index (χ1n) is 9.61. The fraction of sp³-hybridized carbons (Fsp3) is 0.947. The molecule has 3 fully saturated rings. The highest BCUT2D eigenvalue weighted by Gasteiger charge is 2.40. The molecule has 0 aromatic carbocycles. The predicted molar refractivity (Wildman–Crippen MR) is 87.8 cm³/mol. The minimum absolute atomic E-state index is 0.0105. The maximum Gasteiger partial charge on any atom is 0.309 e. The zero-order valence-corrected chi connectivity index (χ0v) is 14.7. The van der Waals surface area contributed by atoms with Gasteiger partial charge in [-0.3, -0.25) is 4.79 Å². The third-order valence-corrected chi connectivity index (χ3v) is 6.11. The van der Waals surface area contributed by atoms with E-state index in [1.165, 1.54) is 38.5 Å². The van der Waals surface area contributed by atoms with Crippen molar-refractivity contribution in [2.45, 2.75) is 77.6 Å². The van der Waals surface area contributed by atoms with Crippen LogP contribution in [0.1, 0.15) is 65.2 Å². The van der Waals surface area contributed by atoms with Gasteiger partial charge in [-0.15, -0.1) is 0 Å². The number of ether oxygens (including phenoxy) is 3. The second kappa shape index (κ2) is 7.98. The van der Waals surface area contributed by atoms with E-state index in [1.807, 2.05) is 6.92 Å². The van der Waals surface area contributed by atoms with Gasteiger partial charge < -0.3 is 14.2 Å². The molecule has 2 aliphatic heterocycles. The molecule has 0 aromatic rings. The summed E-state index contributed by atoms with van der Waals surface area (Å²) in [5, 5.41) is 0. The smallest absolute Gasteiger partial charge is 0.309 e. The molecule has 2 heterocycles. The van der Waals surface area contributed by atoms with E-state index in [0.29, 0.717) is 19.1 Å². The first-order valence-corrected chi connectivity index (χ1v) is 9.61. The van der Waals surface area contributed by atoms with Crippen LogP contribution in [0.4, 0.5) is 0 Å². The Labute approximate surface area is 140 Å². The second-order valence-corrected chi connectivity index (χ2v) is 7.72. The highest BCUT2D eigenvalue weighted by molar-refractivity contribution is 5.73. The topological polar surface area (TPSA) is 44.8 Å². The zero-order valence-electron chi connectivity index (χ0n) is 14.7. The summed E-state index contributed by atoms with van der Waals surface area (Å²) in [5.74, 6) is 1.62. The van der Waals surface area contributed by atoms with Crippen LogP contribution in [0.15, 0.2) is 0 Å². The second-order valence-electron chi connectivity index (χ2n) is 7.72. The predicted octanol–water partition coefficient (Wildman–Crippen LogP) is 3.92. The van der Waals surface area contributed by atoms with Crippen molar-refractivity contribution in [3.63, 3.8) is 0 Å². The molecule has 0 amide bonds. The molecule has 2 unspecified atom stereocenters. The number of esters is 1. The standard InChI is InChI=1S/C19H32O4/c1-3-4-14-5-7-15(8-6-14)18-10-9-17(19(20)23-18)16-11-21-13(2)22-12-16/h13-18H,3-12H2,1-2H3. The molecule has 1 saturated carbocycles. The van der Waals surface area contributed by atoms with Gasteiger partial charge in [0.1, 0.15) is 6.10 Å². The van der Waals surface area contributed by atoms with Crippen molar-refractivity contribution in [3.8, 4) is 0 Å². The van der Waals surface area contributed by atoms with Gasteiger partial charge in [0.15, 0.2) is 6.29 Å². The first kappa shape index (κ1) is 17.2. The molecular formula is C19H32O4. The van der Waals surface area contributed by atoms with E-state index in [0.717, 1.165) is 18.8 Å². The summed E-state index contributed by atoms with van der Waals surface area (Å²) in [6.45, 7) is 5.41. The normalized spacial score (nSPS) is 42.3. The summed E-state index contributed by atoms with van der Waals surface area (Å²) in [4.78, 5) is 12.5. The lowest BCUT2D eigenvalue weighted by Gasteiger charge is -2.40. The Morgan fingerprint density at radius 2 is 1.65 bits per heavy atom. The van der Waals surface area contributed by atoms with Crippen molar-refractivity contribution in [1.82, 2.24) is 0 Å². The quantitative estimate of drug-likeness (QED) is 0.735. The Bertz CT molecular complexity index is 381. The largest absolute Gasteiger partial charge is 0.462 e. The van der Waals surface area contributed by atoms with Gasteiger partial charge in [-0.2, -0.15) is 0 Å². The lowest BCUT2D eigenvalue weighted by atomic mass is 9.75. The van der Waals surface area contributed by atoms with Crippen LogP contribution in [0.3, 0.4) is 0 Å². The Kier molecular flexibility index (Phi) is 5.97. The van der Waals surface area contributed by atoms with E-state index in [-0.39, 0.29) is 30.2 Å². The number of cyclic esters (lactones) is 1. The number of hydrogen-bond acceptors (Lipinski definition) is 4. The van der Waals surface area contributed by atoms with Crippen molar-refractivity contribution in [2.24, 2.45) is 23.7 Å². The van der Waals surface area contributed by atoms with E-state index < -0.39 is 0 Å². The highest BCUT2D eigenvalue weighted by Crippen LogP contribution is 2.39. The molecule has 0 spiro atoms. The molecule has 0 radical (unpaired) electrons. The molecule has 0 N–H and O–H groups in total. The highest BCUT2D eigenvalue weighted by atomic mass is 16.7. The SMILES string of the molecule is CCCC1CCC(C2CCC(C3COC(C)OC3)C(=O)O2)CC1. The monoisotopic (exact) mass is 324 g/mol. The van der Waals surface area contributed by atoms with Crippen molar-refractivity contribution >= 4 is 5.97 Å². The van der Waals surface area contributed by atoms with Gasteiger partial charge in [0.25, 0.3) is 0 Å². The average molecular weight is 324 g/mol. The van der Waals surface area contributed by atoms with Crippen LogP contribution in [0.2, 0.25) is 0 Å². The number of rotatable bonds is 4. The van der Waals surface area contributed by atoms with E-state index in [4.69, 9.17) is 14.2 Å². The average Bonchev–Trinajstić information content (AvgIpc) is 2.57. The molecule has 2 atom stereocenters. The lowest BCUT2D eigenvalue weighted by Crippen LogP contribution is -2.44. The summed E-state index contributed by atoms with van der Waals surface area (Å²) in [6.07, 6.45) is 9.73. The van der Waals surface area contributed by atoms with Crippen LogP contribution in [0.5, 0.6) is 0 Å². The zero-order chi connectivity index (χ0) is 16.2. The Morgan fingerprint density at radius 1 is 0.957 bits per heavy atom. The van der Waals surface area contributed by atoms with Gasteiger partial charge in [-0.25, -0.2) is 0 Å². The van der Waals surface area contributed by atoms with Crippen LogP contribution in [-0.4, -0.2) is 31.6 Å². The summed E-state index contributed by atoms with van der Waals surface area (Å²) in [7, 11) is 0. The molecule has 4 heteroatoms. The molecule has 3 rings (SSSR count). The fourth-order valence-corrected chi connectivity index (χ4v) is 4.62. The molecule has 4 nitrogen and oxygen atoms in total. The van der Waals surface area contributed by atoms with Crippen molar-refractivity contribution in [2.75, 3.05) is 13.2 Å². The Morgan fingerprint density at radius 3 is 2.26 bits per heavy atom. The van der Waals surface area contributed by atoms with Crippen LogP contribution in [0.25, 0.3) is 0 Å². The molecule has 1 aliphatic carbocycles. The van der Waals surface area contributed by atoms with E-state index in [9.17, 15) is 4.79 Å². The first-order chi connectivity index (χ1) is 11.2. The van der Waals surface area contributed by atoms with Crippen LogP contribution < -0.4 is 0 Å². The summed E-state index contributed by atoms with van der Waals surface area (Å²) >= 11 is 0. The van der Waals surface area contributed by atoms with Crippen molar-refractivity contribution in [3.05, 3.63) is 0 Å². The van der Waals surface area contributed by atoms with Crippen molar-refractivity contribution < 1.29 is 19.0 Å². The number of carbonyl (C=O) groups is 1. The number of carbonyl (C=O) groups excluding carboxylic acids is 1. The third-order valence-electron chi connectivity index (χ3n) is 6.11. The number of hydrogen-bond donors (Lipinski definition) is 0. The Balaban J connectivity index is 1.46.